The Kier molecular flexibility index (Phi) is 6.42. The van der Waals surface area contributed by atoms with Gasteiger partial charge in [-0.1, -0.05) is 48.5 Å². The van der Waals surface area contributed by atoms with Gasteiger partial charge in [-0.05, 0) is 30.5 Å². The highest BCUT2D eigenvalue weighted by atomic mass is 16.4. The second-order valence-corrected chi connectivity index (χ2v) is 7.02. The Hall–Kier alpha value is -3.15. The maximum absolute atomic E-state index is 13.1. The van der Waals surface area contributed by atoms with Crippen LogP contribution in [0, 0.1) is 5.92 Å². The van der Waals surface area contributed by atoms with Gasteiger partial charge in [-0.3, -0.25) is 14.4 Å². The molecule has 28 heavy (non-hydrogen) atoms. The molecule has 0 unspecified atom stereocenters. The van der Waals surface area contributed by atoms with Crippen LogP contribution in [-0.4, -0.2) is 46.9 Å². The van der Waals surface area contributed by atoms with E-state index in [4.69, 9.17) is 5.11 Å². The minimum absolute atomic E-state index is 0.169. The molecule has 3 rings (SSSR count). The monoisotopic (exact) mass is 380 g/mol. The highest BCUT2D eigenvalue weighted by Gasteiger charge is 2.31. The van der Waals surface area contributed by atoms with Gasteiger partial charge < -0.3 is 15.3 Å². The Morgan fingerprint density at radius 1 is 0.964 bits per heavy atom. The molecule has 146 valence electrons. The summed E-state index contributed by atoms with van der Waals surface area (Å²) in [7, 11) is 0. The third-order valence-electron chi connectivity index (χ3n) is 5.08. The molecule has 0 aliphatic carbocycles. The smallest absolute Gasteiger partial charge is 0.306 e. The van der Waals surface area contributed by atoms with Crippen molar-refractivity contribution in [1.82, 2.24) is 10.2 Å². The summed E-state index contributed by atoms with van der Waals surface area (Å²) in [6.07, 6.45) is 1.26. The molecule has 6 heteroatoms. The zero-order chi connectivity index (χ0) is 19.9. The van der Waals surface area contributed by atoms with Crippen molar-refractivity contribution in [1.29, 1.82) is 0 Å². The minimum atomic E-state index is -0.815. The van der Waals surface area contributed by atoms with Gasteiger partial charge in [0.1, 0.15) is 6.04 Å². The highest BCUT2D eigenvalue weighted by molar-refractivity contribution is 5.97. The molecule has 0 radical (unpaired) electrons. The first-order chi connectivity index (χ1) is 13.5. The van der Waals surface area contributed by atoms with E-state index in [2.05, 4.69) is 5.32 Å². The number of hydrogen-bond acceptors (Lipinski definition) is 3. The van der Waals surface area contributed by atoms with Crippen LogP contribution in [0.25, 0.3) is 0 Å². The average molecular weight is 380 g/mol. The van der Waals surface area contributed by atoms with Gasteiger partial charge in [-0.25, -0.2) is 0 Å². The fourth-order valence-corrected chi connectivity index (χ4v) is 3.45. The van der Waals surface area contributed by atoms with E-state index in [9.17, 15) is 14.4 Å². The predicted molar refractivity (Wildman–Crippen MR) is 105 cm³/mol. The molecule has 2 aromatic rings. The van der Waals surface area contributed by atoms with Crippen molar-refractivity contribution in [2.75, 3.05) is 13.1 Å². The lowest BCUT2D eigenvalue weighted by molar-refractivity contribution is -0.146. The molecule has 2 amide bonds. The van der Waals surface area contributed by atoms with E-state index >= 15 is 0 Å². The van der Waals surface area contributed by atoms with Crippen LogP contribution in [0.15, 0.2) is 60.7 Å². The van der Waals surface area contributed by atoms with E-state index in [0.29, 0.717) is 37.9 Å². The number of aliphatic carboxylic acids is 1. The number of benzene rings is 2. The summed E-state index contributed by atoms with van der Waals surface area (Å²) in [6.45, 7) is 0.782. The molecule has 6 nitrogen and oxygen atoms in total. The van der Waals surface area contributed by atoms with Gasteiger partial charge in [0, 0.05) is 25.1 Å². The number of carboxylic acid groups (broad SMARTS) is 1. The molecule has 0 aromatic heterocycles. The number of rotatable bonds is 6. The maximum atomic E-state index is 13.1. The number of carbonyl (C=O) groups excluding carboxylic acids is 2. The van der Waals surface area contributed by atoms with Crippen molar-refractivity contribution >= 4 is 17.8 Å². The number of likely N-dealkylation sites (tertiary alicyclic amines) is 1. The van der Waals surface area contributed by atoms with Gasteiger partial charge >= 0.3 is 5.97 Å². The van der Waals surface area contributed by atoms with Crippen molar-refractivity contribution in [3.63, 3.8) is 0 Å². The van der Waals surface area contributed by atoms with Crippen LogP contribution in [0.5, 0.6) is 0 Å². The molecule has 1 fully saturated rings. The standard InChI is InChI=1S/C22H24N2O4/c25-20(17-9-5-2-6-10-17)23-19(15-16-7-3-1-4-8-16)21(26)24-13-11-18(12-14-24)22(27)28/h1-10,18-19H,11-15H2,(H,23,25)(H,27,28)/t19-/m1/s1. The normalized spacial score (nSPS) is 15.6. The van der Waals surface area contributed by atoms with Gasteiger partial charge in [0.05, 0.1) is 5.92 Å². The topological polar surface area (TPSA) is 86.7 Å². The summed E-state index contributed by atoms with van der Waals surface area (Å²) in [5, 5.41) is 12.0. The zero-order valence-electron chi connectivity index (χ0n) is 15.6. The molecule has 0 spiro atoms. The number of carboxylic acids is 1. The molecular formula is C22H24N2O4. The summed E-state index contributed by atoms with van der Waals surface area (Å²) in [5.41, 5.74) is 1.45. The molecule has 1 aliphatic rings. The van der Waals surface area contributed by atoms with Gasteiger partial charge in [0.2, 0.25) is 5.91 Å². The second-order valence-electron chi connectivity index (χ2n) is 7.02. The van der Waals surface area contributed by atoms with E-state index in [1.807, 2.05) is 36.4 Å². The summed E-state index contributed by atoms with van der Waals surface area (Å²) in [6, 6.07) is 17.6. The van der Waals surface area contributed by atoms with E-state index in [1.54, 1.807) is 29.2 Å². The number of piperidine rings is 1. The Bertz CT molecular complexity index is 815. The molecule has 1 aliphatic heterocycles. The number of amides is 2. The molecule has 1 heterocycles. The maximum Gasteiger partial charge on any atom is 0.306 e. The van der Waals surface area contributed by atoms with Crippen molar-refractivity contribution in [3.05, 3.63) is 71.8 Å². The number of carbonyl (C=O) groups is 3. The molecule has 1 atom stereocenters. The lowest BCUT2D eigenvalue weighted by Gasteiger charge is -2.33. The van der Waals surface area contributed by atoms with Gasteiger partial charge in [0.15, 0.2) is 0 Å². The van der Waals surface area contributed by atoms with Crippen molar-refractivity contribution in [2.24, 2.45) is 5.92 Å². The zero-order valence-corrected chi connectivity index (χ0v) is 15.6. The Morgan fingerprint density at radius 3 is 2.11 bits per heavy atom. The SMILES string of the molecule is O=C(N[C@H](Cc1ccccc1)C(=O)N1CCC(C(=O)O)CC1)c1ccccc1. The lowest BCUT2D eigenvalue weighted by Crippen LogP contribution is -2.52. The van der Waals surface area contributed by atoms with Crippen molar-refractivity contribution in [2.45, 2.75) is 25.3 Å². The lowest BCUT2D eigenvalue weighted by atomic mass is 9.96. The Morgan fingerprint density at radius 2 is 1.54 bits per heavy atom. The second kappa shape index (κ2) is 9.17. The van der Waals surface area contributed by atoms with Crippen molar-refractivity contribution < 1.29 is 19.5 Å². The Balaban J connectivity index is 1.73. The fourth-order valence-electron chi connectivity index (χ4n) is 3.45. The van der Waals surface area contributed by atoms with Gasteiger partial charge in [-0.2, -0.15) is 0 Å². The van der Waals surface area contributed by atoms with Gasteiger partial charge in [-0.15, -0.1) is 0 Å². The molecule has 2 aromatic carbocycles. The summed E-state index contributed by atoms with van der Waals surface area (Å²) in [5.74, 6) is -1.69. The summed E-state index contributed by atoms with van der Waals surface area (Å²) in [4.78, 5) is 38.5. The Labute approximate surface area is 164 Å². The average Bonchev–Trinajstić information content (AvgIpc) is 2.74. The molecule has 0 bridgehead atoms. The van der Waals surface area contributed by atoms with Crippen LogP contribution < -0.4 is 5.32 Å². The minimum Gasteiger partial charge on any atom is -0.481 e. The summed E-state index contributed by atoms with van der Waals surface area (Å²) >= 11 is 0. The first-order valence-corrected chi connectivity index (χ1v) is 9.46. The fraction of sp³-hybridized carbons (Fsp3) is 0.318. The third-order valence-corrected chi connectivity index (χ3v) is 5.08. The highest BCUT2D eigenvalue weighted by Crippen LogP contribution is 2.19. The van der Waals surface area contributed by atoms with E-state index in [0.717, 1.165) is 5.56 Å². The number of nitrogens with zero attached hydrogens (tertiary/aromatic N) is 1. The van der Waals surface area contributed by atoms with Crippen LogP contribution in [-0.2, 0) is 16.0 Å². The summed E-state index contributed by atoms with van der Waals surface area (Å²) < 4.78 is 0. The van der Waals surface area contributed by atoms with Crippen LogP contribution in [0.1, 0.15) is 28.8 Å². The predicted octanol–water partition coefficient (Wildman–Crippen LogP) is 2.35. The molecule has 0 saturated carbocycles. The van der Waals surface area contributed by atoms with Crippen LogP contribution in [0.2, 0.25) is 0 Å². The van der Waals surface area contributed by atoms with Crippen LogP contribution in [0.3, 0.4) is 0 Å². The third kappa shape index (κ3) is 4.97. The van der Waals surface area contributed by atoms with E-state index in [-0.39, 0.29) is 11.8 Å². The largest absolute Gasteiger partial charge is 0.481 e. The van der Waals surface area contributed by atoms with Crippen molar-refractivity contribution in [3.8, 4) is 0 Å². The number of nitrogens with one attached hydrogen (secondary N) is 1. The van der Waals surface area contributed by atoms with Gasteiger partial charge in [0.25, 0.3) is 5.91 Å². The van der Waals surface area contributed by atoms with E-state index in [1.165, 1.54) is 0 Å². The molecule has 2 N–H and O–H groups in total. The first-order valence-electron chi connectivity index (χ1n) is 9.46. The molecule has 1 saturated heterocycles. The number of hydrogen-bond donors (Lipinski definition) is 2. The van der Waals surface area contributed by atoms with Crippen LogP contribution in [0.4, 0.5) is 0 Å². The first kappa shape index (κ1) is 19.6. The van der Waals surface area contributed by atoms with E-state index < -0.39 is 17.9 Å². The quantitative estimate of drug-likeness (QED) is 0.805. The van der Waals surface area contributed by atoms with Crippen LogP contribution >= 0.6 is 0 Å². The molecular weight excluding hydrogens is 356 g/mol.